The molecule has 2 N–H and O–H groups in total. The van der Waals surface area contributed by atoms with E-state index in [0.29, 0.717) is 0 Å². The van der Waals surface area contributed by atoms with Crippen LogP contribution in [-0.2, 0) is 0 Å². The van der Waals surface area contributed by atoms with Gasteiger partial charge in [-0.05, 0) is 32.0 Å². The first-order valence-corrected chi connectivity index (χ1v) is 4.97. The van der Waals surface area contributed by atoms with Crippen LogP contribution in [0.2, 0.25) is 0 Å². The molecule has 1 saturated carbocycles. The second-order valence-corrected chi connectivity index (χ2v) is 4.01. The summed E-state index contributed by atoms with van der Waals surface area (Å²) in [6, 6.07) is 0. The van der Waals surface area contributed by atoms with Crippen LogP contribution in [0.1, 0.15) is 43.0 Å². The van der Waals surface area contributed by atoms with Gasteiger partial charge in [0, 0.05) is 17.3 Å². The Kier molecular flexibility index (Phi) is 2.05. The maximum absolute atomic E-state index is 5.04. The van der Waals surface area contributed by atoms with Gasteiger partial charge in [-0.25, -0.2) is 0 Å². The number of aryl methyl sites for hydroxylation is 1. The van der Waals surface area contributed by atoms with E-state index in [1.165, 1.54) is 37.1 Å². The highest BCUT2D eigenvalue weighted by atomic mass is 32.1. The summed E-state index contributed by atoms with van der Waals surface area (Å²) in [5.41, 5.74) is 2.57. The highest BCUT2D eigenvalue weighted by Gasteiger charge is 2.19. The van der Waals surface area contributed by atoms with Crippen LogP contribution in [0.3, 0.4) is 0 Å². The number of H-pyrrole nitrogens is 2. The third kappa shape index (κ3) is 1.33. The molecule has 0 amide bonds. The SMILES string of the molecule is Cc1[nH]c(=S)[nH]c1C1CCCC1. The van der Waals surface area contributed by atoms with Gasteiger partial charge in [-0.3, -0.25) is 0 Å². The van der Waals surface area contributed by atoms with Crippen LogP contribution >= 0.6 is 12.2 Å². The number of hydrogen-bond donors (Lipinski definition) is 2. The highest BCUT2D eigenvalue weighted by Crippen LogP contribution is 2.34. The van der Waals surface area contributed by atoms with E-state index in [4.69, 9.17) is 12.2 Å². The Morgan fingerprint density at radius 2 is 1.92 bits per heavy atom. The van der Waals surface area contributed by atoms with E-state index in [9.17, 15) is 0 Å². The highest BCUT2D eigenvalue weighted by molar-refractivity contribution is 7.71. The molecule has 0 radical (unpaired) electrons. The summed E-state index contributed by atoms with van der Waals surface area (Å²) in [4.78, 5) is 6.39. The molecule has 12 heavy (non-hydrogen) atoms. The van der Waals surface area contributed by atoms with Crippen molar-refractivity contribution in [2.45, 2.75) is 38.5 Å². The van der Waals surface area contributed by atoms with Crippen molar-refractivity contribution in [3.05, 3.63) is 16.2 Å². The van der Waals surface area contributed by atoms with Crippen molar-refractivity contribution in [1.29, 1.82) is 0 Å². The summed E-state index contributed by atoms with van der Waals surface area (Å²) < 4.78 is 0.773. The predicted octanol–water partition coefficient (Wildman–Crippen LogP) is 3.04. The molecule has 1 aliphatic rings. The third-order valence-corrected chi connectivity index (χ3v) is 2.92. The minimum Gasteiger partial charge on any atom is -0.335 e. The lowest BCUT2D eigenvalue weighted by Gasteiger charge is -2.06. The van der Waals surface area contributed by atoms with E-state index in [0.717, 1.165) is 10.7 Å². The molecule has 0 atom stereocenters. The van der Waals surface area contributed by atoms with Crippen molar-refractivity contribution >= 4 is 12.2 Å². The fourth-order valence-electron chi connectivity index (χ4n) is 2.11. The topological polar surface area (TPSA) is 31.6 Å². The van der Waals surface area contributed by atoms with Crippen LogP contribution in [0, 0.1) is 11.7 Å². The predicted molar refractivity (Wildman–Crippen MR) is 51.9 cm³/mol. The minimum absolute atomic E-state index is 0.734. The van der Waals surface area contributed by atoms with Crippen LogP contribution in [0.25, 0.3) is 0 Å². The van der Waals surface area contributed by atoms with Crippen LogP contribution in [0.4, 0.5) is 0 Å². The Balaban J connectivity index is 2.31. The Hall–Kier alpha value is -0.570. The first kappa shape index (κ1) is 8.05. The van der Waals surface area contributed by atoms with Crippen molar-refractivity contribution in [3.8, 4) is 0 Å². The average Bonchev–Trinajstić information content (AvgIpc) is 2.58. The lowest BCUT2D eigenvalue weighted by Crippen LogP contribution is -1.94. The molecule has 2 nitrogen and oxygen atoms in total. The normalized spacial score (nSPS) is 18.8. The zero-order valence-electron chi connectivity index (χ0n) is 7.31. The van der Waals surface area contributed by atoms with Crippen LogP contribution < -0.4 is 0 Å². The van der Waals surface area contributed by atoms with Gasteiger partial charge in [-0.1, -0.05) is 12.8 Å². The zero-order chi connectivity index (χ0) is 8.55. The minimum atomic E-state index is 0.734. The molecular weight excluding hydrogens is 168 g/mol. The van der Waals surface area contributed by atoms with Crippen LogP contribution in [0.15, 0.2) is 0 Å². The smallest absolute Gasteiger partial charge is 0.174 e. The summed E-state index contributed by atoms with van der Waals surface area (Å²) in [5.74, 6) is 0.734. The molecule has 1 aromatic heterocycles. The number of rotatable bonds is 1. The molecule has 2 rings (SSSR count). The van der Waals surface area contributed by atoms with Crippen molar-refractivity contribution in [3.63, 3.8) is 0 Å². The molecule has 1 aliphatic carbocycles. The van der Waals surface area contributed by atoms with Gasteiger partial charge in [-0.15, -0.1) is 0 Å². The van der Waals surface area contributed by atoms with Gasteiger partial charge in [0.05, 0.1) is 0 Å². The number of nitrogens with one attached hydrogen (secondary N) is 2. The summed E-state index contributed by atoms with van der Waals surface area (Å²) in [7, 11) is 0. The number of aromatic amines is 2. The molecule has 0 saturated heterocycles. The molecule has 0 unspecified atom stereocenters. The summed E-state index contributed by atoms with van der Waals surface area (Å²) in [6.45, 7) is 2.10. The molecule has 66 valence electrons. The zero-order valence-corrected chi connectivity index (χ0v) is 8.13. The fraction of sp³-hybridized carbons (Fsp3) is 0.667. The van der Waals surface area contributed by atoms with Gasteiger partial charge in [0.25, 0.3) is 0 Å². The molecule has 1 fully saturated rings. The first-order valence-electron chi connectivity index (χ1n) is 4.56. The van der Waals surface area contributed by atoms with Gasteiger partial charge in [-0.2, -0.15) is 0 Å². The van der Waals surface area contributed by atoms with E-state index < -0.39 is 0 Å². The Labute approximate surface area is 77.4 Å². The summed E-state index contributed by atoms with van der Waals surface area (Å²) in [5, 5.41) is 0. The molecule has 0 bridgehead atoms. The summed E-state index contributed by atoms with van der Waals surface area (Å²) in [6.07, 6.45) is 5.39. The molecule has 3 heteroatoms. The second-order valence-electron chi connectivity index (χ2n) is 3.60. The average molecular weight is 182 g/mol. The Bertz CT molecular complexity index is 318. The number of hydrogen-bond acceptors (Lipinski definition) is 1. The van der Waals surface area contributed by atoms with E-state index in [1.54, 1.807) is 0 Å². The lowest BCUT2D eigenvalue weighted by molar-refractivity contribution is 0.696. The monoisotopic (exact) mass is 182 g/mol. The Morgan fingerprint density at radius 3 is 2.42 bits per heavy atom. The molecule has 1 aromatic rings. The standard InChI is InChI=1S/C9H14N2S/c1-6-8(11-9(12)10-6)7-4-2-3-5-7/h7H,2-5H2,1H3,(H2,10,11,12). The maximum atomic E-state index is 5.04. The van der Waals surface area contributed by atoms with Gasteiger partial charge in [0.1, 0.15) is 0 Å². The van der Waals surface area contributed by atoms with E-state index >= 15 is 0 Å². The van der Waals surface area contributed by atoms with Crippen LogP contribution in [0.5, 0.6) is 0 Å². The van der Waals surface area contributed by atoms with Crippen LogP contribution in [-0.4, -0.2) is 9.97 Å². The molecule has 0 aromatic carbocycles. The van der Waals surface area contributed by atoms with Crippen molar-refractivity contribution in [1.82, 2.24) is 9.97 Å². The van der Waals surface area contributed by atoms with E-state index in [-0.39, 0.29) is 0 Å². The van der Waals surface area contributed by atoms with E-state index in [1.807, 2.05) is 0 Å². The van der Waals surface area contributed by atoms with Crippen molar-refractivity contribution in [2.75, 3.05) is 0 Å². The summed E-state index contributed by atoms with van der Waals surface area (Å²) >= 11 is 5.04. The first-order chi connectivity index (χ1) is 5.77. The fourth-order valence-corrected chi connectivity index (χ4v) is 2.37. The molecular formula is C9H14N2S. The van der Waals surface area contributed by atoms with Crippen molar-refractivity contribution in [2.24, 2.45) is 0 Å². The molecule has 0 aliphatic heterocycles. The van der Waals surface area contributed by atoms with Crippen molar-refractivity contribution < 1.29 is 0 Å². The number of aromatic nitrogens is 2. The third-order valence-electron chi connectivity index (χ3n) is 2.72. The largest absolute Gasteiger partial charge is 0.335 e. The van der Waals surface area contributed by atoms with Gasteiger partial charge in [0.15, 0.2) is 4.77 Å². The maximum Gasteiger partial charge on any atom is 0.174 e. The second kappa shape index (κ2) is 3.05. The Morgan fingerprint density at radius 1 is 1.25 bits per heavy atom. The quantitative estimate of drug-likeness (QED) is 0.643. The van der Waals surface area contributed by atoms with Gasteiger partial charge in [0.2, 0.25) is 0 Å². The van der Waals surface area contributed by atoms with Gasteiger partial charge >= 0.3 is 0 Å². The molecule has 0 spiro atoms. The lowest BCUT2D eigenvalue weighted by atomic mass is 10.0. The van der Waals surface area contributed by atoms with E-state index in [2.05, 4.69) is 16.9 Å². The number of imidazole rings is 1. The van der Waals surface area contributed by atoms with Gasteiger partial charge < -0.3 is 9.97 Å². The molecule has 1 heterocycles.